The number of hydrogen-bond donors (Lipinski definition) is 1. The highest BCUT2D eigenvalue weighted by molar-refractivity contribution is 7.12. The van der Waals surface area contributed by atoms with E-state index in [-0.39, 0.29) is 0 Å². The zero-order valence-electron chi connectivity index (χ0n) is 26.0. The van der Waals surface area contributed by atoms with Gasteiger partial charge in [-0.2, -0.15) is 5.10 Å². The minimum Gasteiger partial charge on any atom is -0.465 e. The molecule has 4 saturated carbocycles. The monoisotopic (exact) mass is 613 g/mol. The lowest BCUT2D eigenvalue weighted by Gasteiger charge is -2.56. The highest BCUT2D eigenvalue weighted by atomic mass is 32.1. The predicted octanol–water partition coefficient (Wildman–Crippen LogP) is 7.57. The molecule has 0 unspecified atom stereocenters. The molecule has 1 aromatic carbocycles. The zero-order chi connectivity index (χ0) is 30.8. The first-order chi connectivity index (χ1) is 21.0. The summed E-state index contributed by atoms with van der Waals surface area (Å²) >= 11 is 1.21. The molecule has 230 valence electrons. The van der Waals surface area contributed by atoms with Crippen LogP contribution in [0.5, 0.6) is 0 Å². The van der Waals surface area contributed by atoms with Gasteiger partial charge in [0.25, 0.3) is 0 Å². The molecule has 10 heteroatoms. The topological polar surface area (TPSA) is 108 Å². The number of anilines is 2. The summed E-state index contributed by atoms with van der Waals surface area (Å²) in [6.07, 6.45) is 11.7. The Labute approximate surface area is 261 Å². The lowest BCUT2D eigenvalue weighted by molar-refractivity contribution is -0.0638. The number of nitrogens with zero attached hydrogens (tertiary/aromatic N) is 4. The van der Waals surface area contributed by atoms with Gasteiger partial charge >= 0.3 is 11.9 Å². The van der Waals surface area contributed by atoms with Crippen LogP contribution in [0.25, 0.3) is 22.0 Å². The Hall–Kier alpha value is -3.79. The smallest absolute Gasteiger partial charge is 0.352 e. The van der Waals surface area contributed by atoms with E-state index in [1.807, 2.05) is 39.1 Å². The van der Waals surface area contributed by atoms with Crippen molar-refractivity contribution in [1.82, 2.24) is 19.7 Å². The fourth-order valence-electron chi connectivity index (χ4n) is 8.46. The Kier molecular flexibility index (Phi) is 7.03. The molecule has 0 aliphatic heterocycles. The molecule has 44 heavy (non-hydrogen) atoms. The number of pyridine rings is 1. The molecule has 4 bridgehead atoms. The number of aromatic nitrogens is 4. The number of fused-ring (bicyclic) bond motifs is 1. The number of benzene rings is 1. The van der Waals surface area contributed by atoms with Gasteiger partial charge in [0.1, 0.15) is 5.60 Å². The number of ether oxygens (including phenoxy) is 2. The van der Waals surface area contributed by atoms with Crippen LogP contribution in [0.4, 0.5) is 11.5 Å². The van der Waals surface area contributed by atoms with Crippen LogP contribution in [0.3, 0.4) is 0 Å². The summed E-state index contributed by atoms with van der Waals surface area (Å²) in [6.45, 7) is 8.52. The van der Waals surface area contributed by atoms with Crippen LogP contribution < -0.4 is 5.32 Å². The van der Waals surface area contributed by atoms with E-state index in [1.54, 1.807) is 17.8 Å². The fourth-order valence-corrected chi connectivity index (χ4v) is 9.08. The van der Waals surface area contributed by atoms with Gasteiger partial charge in [0.05, 0.1) is 35.6 Å². The van der Waals surface area contributed by atoms with Gasteiger partial charge in [-0.25, -0.2) is 14.6 Å². The number of thiazole rings is 1. The number of carbonyl (C=O) groups is 2. The molecular weight excluding hydrogens is 574 g/mol. The molecule has 1 N–H and O–H groups in total. The number of hydrogen-bond acceptors (Lipinski definition) is 9. The largest absolute Gasteiger partial charge is 0.465 e. The Morgan fingerprint density at radius 1 is 1.02 bits per heavy atom. The van der Waals surface area contributed by atoms with E-state index >= 15 is 0 Å². The van der Waals surface area contributed by atoms with Gasteiger partial charge in [0.2, 0.25) is 0 Å². The van der Waals surface area contributed by atoms with Crippen molar-refractivity contribution in [2.75, 3.05) is 12.4 Å². The second-order valence-electron chi connectivity index (χ2n) is 14.1. The van der Waals surface area contributed by atoms with Crippen LogP contribution in [0.2, 0.25) is 0 Å². The Morgan fingerprint density at radius 2 is 1.73 bits per heavy atom. The van der Waals surface area contributed by atoms with Crippen molar-refractivity contribution >= 4 is 45.7 Å². The van der Waals surface area contributed by atoms with Crippen LogP contribution in [-0.2, 0) is 16.0 Å². The molecule has 4 fully saturated rings. The van der Waals surface area contributed by atoms with E-state index < -0.39 is 17.5 Å². The number of esters is 2. The summed E-state index contributed by atoms with van der Waals surface area (Å²) in [5.41, 5.74) is 5.56. The maximum absolute atomic E-state index is 13.4. The van der Waals surface area contributed by atoms with Gasteiger partial charge in [-0.15, -0.1) is 11.3 Å². The summed E-state index contributed by atoms with van der Waals surface area (Å²) in [6, 6.07) is 5.69. The van der Waals surface area contributed by atoms with Crippen molar-refractivity contribution < 1.29 is 19.1 Å². The maximum Gasteiger partial charge on any atom is 0.352 e. The van der Waals surface area contributed by atoms with E-state index in [2.05, 4.69) is 26.9 Å². The molecule has 0 saturated heterocycles. The normalized spacial score (nSPS) is 24.1. The SMILES string of the molecule is COC(=O)c1c(-c2cnn(CC34CC5CC(CC(C5)C3)C4)c2C)ccc2c(Nc3ncsc3C(=O)OC(C)(C)C)ccnc12. The van der Waals surface area contributed by atoms with Crippen LogP contribution in [-0.4, -0.2) is 44.4 Å². The molecule has 3 aromatic heterocycles. The summed E-state index contributed by atoms with van der Waals surface area (Å²) in [4.78, 5) is 35.6. The standard InChI is InChI=1S/C34H39N5O4S/c1-19-25(16-37-39(19)17-34-13-20-10-21(14-34)12-22(11-20)15-34)23-6-7-24-26(8-9-35-28(24)27(23)31(40)42-5)38-30-29(44-18-36-30)32(41)43-33(2,3)4/h6-9,16,18,20-22H,10-15,17H2,1-5H3,(H,35,38). The molecule has 4 aliphatic carbocycles. The van der Waals surface area contributed by atoms with Gasteiger partial charge in [0.15, 0.2) is 10.7 Å². The molecule has 9 nitrogen and oxygen atoms in total. The molecule has 3 heterocycles. The van der Waals surface area contributed by atoms with E-state index in [9.17, 15) is 9.59 Å². The van der Waals surface area contributed by atoms with Gasteiger partial charge in [-0.1, -0.05) is 12.1 Å². The van der Waals surface area contributed by atoms with E-state index in [1.165, 1.54) is 57.0 Å². The van der Waals surface area contributed by atoms with Gasteiger partial charge in [0, 0.05) is 34.9 Å². The van der Waals surface area contributed by atoms with Crippen molar-refractivity contribution in [2.24, 2.45) is 23.2 Å². The minimum absolute atomic E-state index is 0.341. The first kappa shape index (κ1) is 29.0. The lowest BCUT2D eigenvalue weighted by atomic mass is 9.49. The third-order valence-corrected chi connectivity index (χ3v) is 10.6. The van der Waals surface area contributed by atoms with Crippen molar-refractivity contribution in [3.8, 4) is 11.1 Å². The third-order valence-electron chi connectivity index (χ3n) is 9.75. The van der Waals surface area contributed by atoms with E-state index in [0.29, 0.717) is 38.3 Å². The minimum atomic E-state index is -0.630. The fraction of sp³-hybridized carbons (Fsp3) is 0.500. The molecular formula is C34H39N5O4S. The molecule has 0 radical (unpaired) electrons. The van der Waals surface area contributed by atoms with Gasteiger partial charge < -0.3 is 14.8 Å². The predicted molar refractivity (Wildman–Crippen MR) is 170 cm³/mol. The molecule has 4 aliphatic rings. The van der Waals surface area contributed by atoms with Gasteiger partial charge in [-0.05, 0) is 95.5 Å². The number of nitrogens with one attached hydrogen (secondary N) is 1. The Balaban J connectivity index is 1.23. The number of carbonyl (C=O) groups excluding carboxylic acids is 2. The quantitative estimate of drug-likeness (QED) is 0.213. The second-order valence-corrected chi connectivity index (χ2v) is 15.0. The lowest BCUT2D eigenvalue weighted by Crippen LogP contribution is -2.48. The van der Waals surface area contributed by atoms with Crippen LogP contribution >= 0.6 is 11.3 Å². The van der Waals surface area contributed by atoms with Crippen molar-refractivity contribution in [3.63, 3.8) is 0 Å². The highest BCUT2D eigenvalue weighted by Gasteiger charge is 2.51. The highest BCUT2D eigenvalue weighted by Crippen LogP contribution is 2.60. The average molecular weight is 614 g/mol. The average Bonchev–Trinajstić information content (AvgIpc) is 3.56. The van der Waals surface area contributed by atoms with Crippen LogP contribution in [0.1, 0.15) is 85.0 Å². The van der Waals surface area contributed by atoms with Crippen molar-refractivity contribution in [1.29, 1.82) is 0 Å². The first-order valence-corrected chi connectivity index (χ1v) is 16.4. The van der Waals surface area contributed by atoms with Crippen molar-refractivity contribution in [3.05, 3.63) is 52.2 Å². The Bertz CT molecular complexity index is 1730. The first-order valence-electron chi connectivity index (χ1n) is 15.5. The third kappa shape index (κ3) is 5.16. The van der Waals surface area contributed by atoms with Crippen molar-refractivity contribution in [2.45, 2.75) is 78.4 Å². The Morgan fingerprint density at radius 3 is 2.39 bits per heavy atom. The number of methoxy groups -OCH3 is 1. The molecule has 0 atom stereocenters. The summed E-state index contributed by atoms with van der Waals surface area (Å²) in [7, 11) is 1.39. The van der Waals surface area contributed by atoms with E-state index in [4.69, 9.17) is 14.6 Å². The molecule has 8 rings (SSSR count). The molecule has 4 aromatic rings. The van der Waals surface area contributed by atoms with Crippen LogP contribution in [0, 0.1) is 30.1 Å². The zero-order valence-corrected chi connectivity index (χ0v) is 26.8. The van der Waals surface area contributed by atoms with Gasteiger partial charge in [-0.3, -0.25) is 9.67 Å². The maximum atomic E-state index is 13.4. The summed E-state index contributed by atoms with van der Waals surface area (Å²) in [5.74, 6) is 2.11. The number of rotatable bonds is 7. The summed E-state index contributed by atoms with van der Waals surface area (Å²) in [5, 5.41) is 8.86. The second kappa shape index (κ2) is 10.7. The summed E-state index contributed by atoms with van der Waals surface area (Å²) < 4.78 is 13.0. The van der Waals surface area contributed by atoms with E-state index in [0.717, 1.165) is 41.1 Å². The molecule has 0 spiro atoms. The van der Waals surface area contributed by atoms with Crippen LogP contribution in [0.15, 0.2) is 36.1 Å². The molecule has 0 amide bonds.